The van der Waals surface area contributed by atoms with Crippen molar-refractivity contribution < 1.29 is 9.52 Å². The van der Waals surface area contributed by atoms with E-state index in [1.54, 1.807) is 12.3 Å². The monoisotopic (exact) mass is 316 g/mol. The van der Waals surface area contributed by atoms with Gasteiger partial charge in [0.05, 0.1) is 12.4 Å². The summed E-state index contributed by atoms with van der Waals surface area (Å²) in [7, 11) is 0. The van der Waals surface area contributed by atoms with Crippen molar-refractivity contribution in [2.24, 2.45) is 0 Å². The van der Waals surface area contributed by atoms with Crippen molar-refractivity contribution in [3.63, 3.8) is 0 Å². The average molecular weight is 317 g/mol. The highest BCUT2D eigenvalue weighted by atomic mass is 79.9. The van der Waals surface area contributed by atoms with Crippen molar-refractivity contribution in [3.05, 3.63) is 70.6 Å². The van der Waals surface area contributed by atoms with Crippen LogP contribution in [0.3, 0.4) is 0 Å². The van der Waals surface area contributed by atoms with E-state index in [9.17, 15) is 5.11 Å². The summed E-state index contributed by atoms with van der Waals surface area (Å²) in [5, 5.41) is 12.6. The summed E-state index contributed by atoms with van der Waals surface area (Å²) in [6.07, 6.45) is 1.58. The summed E-state index contributed by atoms with van der Waals surface area (Å²) < 4.78 is 5.75. The second kappa shape index (κ2) is 5.19. The lowest BCUT2D eigenvalue weighted by Gasteiger charge is -2.10. The first-order valence-corrected chi connectivity index (χ1v) is 6.92. The van der Waals surface area contributed by atoms with Crippen molar-refractivity contribution in [2.75, 3.05) is 0 Å². The van der Waals surface area contributed by atoms with Crippen LogP contribution in [-0.4, -0.2) is 5.11 Å². The van der Waals surface area contributed by atoms with Crippen LogP contribution in [-0.2, 0) is 6.42 Å². The Kier molecular flexibility index (Phi) is 3.40. The molecular weight excluding hydrogens is 304 g/mol. The lowest BCUT2D eigenvalue weighted by atomic mass is 10.0. The van der Waals surface area contributed by atoms with Crippen LogP contribution in [0.2, 0.25) is 0 Å². The SMILES string of the molecule is OC(Cc1ccc2ccccc2c1)c1ccoc1Br. The summed E-state index contributed by atoms with van der Waals surface area (Å²) in [6, 6.07) is 16.3. The Hall–Kier alpha value is -1.58. The number of furan rings is 1. The van der Waals surface area contributed by atoms with E-state index < -0.39 is 6.10 Å². The summed E-state index contributed by atoms with van der Waals surface area (Å²) in [4.78, 5) is 0. The van der Waals surface area contributed by atoms with Crippen LogP contribution in [0.25, 0.3) is 10.8 Å². The third-order valence-electron chi connectivity index (χ3n) is 3.25. The van der Waals surface area contributed by atoms with Gasteiger partial charge in [0.2, 0.25) is 0 Å². The summed E-state index contributed by atoms with van der Waals surface area (Å²) >= 11 is 3.29. The smallest absolute Gasteiger partial charge is 0.174 e. The van der Waals surface area contributed by atoms with Crippen molar-refractivity contribution in [1.82, 2.24) is 0 Å². The van der Waals surface area contributed by atoms with Crippen molar-refractivity contribution >= 4 is 26.7 Å². The quantitative estimate of drug-likeness (QED) is 0.773. The third kappa shape index (κ3) is 2.57. The molecule has 96 valence electrons. The highest BCUT2D eigenvalue weighted by Gasteiger charge is 2.14. The fourth-order valence-electron chi connectivity index (χ4n) is 2.24. The van der Waals surface area contributed by atoms with Crippen LogP contribution in [0.4, 0.5) is 0 Å². The van der Waals surface area contributed by atoms with Gasteiger partial charge in [-0.25, -0.2) is 0 Å². The normalized spacial score (nSPS) is 12.7. The van der Waals surface area contributed by atoms with E-state index in [2.05, 4.69) is 46.3 Å². The molecule has 3 heteroatoms. The number of benzene rings is 2. The maximum Gasteiger partial charge on any atom is 0.174 e. The van der Waals surface area contributed by atoms with Crippen LogP contribution in [0, 0.1) is 0 Å². The van der Waals surface area contributed by atoms with Crippen molar-refractivity contribution in [2.45, 2.75) is 12.5 Å². The molecule has 0 aliphatic rings. The van der Waals surface area contributed by atoms with Crippen LogP contribution >= 0.6 is 15.9 Å². The van der Waals surface area contributed by atoms with Crippen molar-refractivity contribution in [3.8, 4) is 0 Å². The van der Waals surface area contributed by atoms with Gasteiger partial charge in [-0.1, -0.05) is 42.5 Å². The van der Waals surface area contributed by atoms with Gasteiger partial charge < -0.3 is 9.52 Å². The van der Waals surface area contributed by atoms with Crippen LogP contribution in [0.1, 0.15) is 17.2 Å². The zero-order valence-electron chi connectivity index (χ0n) is 10.2. The molecule has 3 rings (SSSR count). The van der Waals surface area contributed by atoms with Gasteiger partial charge >= 0.3 is 0 Å². The molecule has 19 heavy (non-hydrogen) atoms. The Bertz CT molecular complexity index is 703. The van der Waals surface area contributed by atoms with Gasteiger partial charge in [-0.05, 0) is 38.3 Å². The molecule has 0 amide bonds. The van der Waals surface area contributed by atoms with E-state index in [0.29, 0.717) is 11.1 Å². The molecule has 0 saturated heterocycles. The highest BCUT2D eigenvalue weighted by molar-refractivity contribution is 9.10. The second-order valence-corrected chi connectivity index (χ2v) is 5.27. The fourth-order valence-corrected chi connectivity index (χ4v) is 2.75. The summed E-state index contributed by atoms with van der Waals surface area (Å²) in [5.41, 5.74) is 1.90. The Morgan fingerprint density at radius 1 is 1.05 bits per heavy atom. The molecule has 0 aliphatic heterocycles. The number of aliphatic hydroxyl groups is 1. The van der Waals surface area contributed by atoms with Crippen molar-refractivity contribution in [1.29, 1.82) is 0 Å². The molecule has 0 radical (unpaired) electrons. The maximum absolute atomic E-state index is 10.2. The molecule has 1 unspecified atom stereocenters. The third-order valence-corrected chi connectivity index (χ3v) is 3.89. The molecule has 0 bridgehead atoms. The Labute approximate surface area is 119 Å². The lowest BCUT2D eigenvalue weighted by Crippen LogP contribution is -2.01. The number of fused-ring (bicyclic) bond motifs is 1. The average Bonchev–Trinajstić information content (AvgIpc) is 2.85. The second-order valence-electron chi connectivity index (χ2n) is 4.55. The van der Waals surface area contributed by atoms with Crippen LogP contribution in [0.5, 0.6) is 0 Å². The van der Waals surface area contributed by atoms with E-state index >= 15 is 0 Å². The standard InChI is InChI=1S/C16H13BrO2/c17-16-14(7-8-19-16)15(18)10-11-5-6-12-3-1-2-4-13(12)9-11/h1-9,15,18H,10H2. The van der Waals surface area contributed by atoms with E-state index in [-0.39, 0.29) is 0 Å². The molecule has 1 atom stereocenters. The molecule has 2 aromatic carbocycles. The maximum atomic E-state index is 10.2. The van der Waals surface area contributed by atoms with E-state index in [1.807, 2.05) is 12.1 Å². The first-order chi connectivity index (χ1) is 9.24. The molecule has 2 nitrogen and oxygen atoms in total. The zero-order chi connectivity index (χ0) is 13.2. The largest absolute Gasteiger partial charge is 0.457 e. The number of aliphatic hydroxyl groups excluding tert-OH is 1. The predicted octanol–water partition coefficient (Wildman–Crippen LogP) is 4.47. The van der Waals surface area contributed by atoms with E-state index in [0.717, 1.165) is 11.1 Å². The van der Waals surface area contributed by atoms with Crippen LogP contribution < -0.4 is 0 Å². The summed E-state index contributed by atoms with van der Waals surface area (Å²) in [5.74, 6) is 0. The number of rotatable bonds is 3. The topological polar surface area (TPSA) is 33.4 Å². The van der Waals surface area contributed by atoms with Gasteiger partial charge in [-0.3, -0.25) is 0 Å². The first-order valence-electron chi connectivity index (χ1n) is 6.12. The minimum atomic E-state index is -0.561. The Morgan fingerprint density at radius 2 is 1.84 bits per heavy atom. The zero-order valence-corrected chi connectivity index (χ0v) is 11.8. The number of halogens is 1. The molecular formula is C16H13BrO2. The number of hydrogen-bond donors (Lipinski definition) is 1. The molecule has 0 saturated carbocycles. The molecule has 0 spiro atoms. The molecule has 1 N–H and O–H groups in total. The molecule has 0 fully saturated rings. The summed E-state index contributed by atoms with van der Waals surface area (Å²) in [6.45, 7) is 0. The van der Waals surface area contributed by atoms with E-state index in [1.165, 1.54) is 10.8 Å². The van der Waals surface area contributed by atoms with Gasteiger partial charge in [-0.15, -0.1) is 0 Å². The van der Waals surface area contributed by atoms with Gasteiger partial charge in [0.25, 0.3) is 0 Å². The molecule has 0 aliphatic carbocycles. The highest BCUT2D eigenvalue weighted by Crippen LogP contribution is 2.27. The first kappa shape index (κ1) is 12.5. The molecule has 3 aromatic rings. The predicted molar refractivity (Wildman–Crippen MR) is 79.0 cm³/mol. The fraction of sp³-hybridized carbons (Fsp3) is 0.125. The lowest BCUT2D eigenvalue weighted by molar-refractivity contribution is 0.176. The number of hydrogen-bond acceptors (Lipinski definition) is 2. The Balaban J connectivity index is 1.87. The van der Waals surface area contributed by atoms with Gasteiger partial charge in [0, 0.05) is 12.0 Å². The van der Waals surface area contributed by atoms with Gasteiger partial charge in [0.1, 0.15) is 0 Å². The van der Waals surface area contributed by atoms with Gasteiger partial charge in [0.15, 0.2) is 4.67 Å². The minimum Gasteiger partial charge on any atom is -0.457 e. The minimum absolute atomic E-state index is 0.561. The van der Waals surface area contributed by atoms with Crippen LogP contribution in [0.15, 0.2) is 63.9 Å². The Morgan fingerprint density at radius 3 is 2.58 bits per heavy atom. The molecule has 1 aromatic heterocycles. The van der Waals surface area contributed by atoms with E-state index in [4.69, 9.17) is 4.42 Å². The van der Waals surface area contributed by atoms with Gasteiger partial charge in [-0.2, -0.15) is 0 Å². The molecule has 1 heterocycles.